The number of ether oxygens (including phenoxy) is 2. The first-order chi connectivity index (χ1) is 13.8. The lowest BCUT2D eigenvalue weighted by Gasteiger charge is -2.29. The van der Waals surface area contributed by atoms with Crippen LogP contribution in [0.1, 0.15) is 48.8 Å². The number of rotatable bonds is 3. The van der Waals surface area contributed by atoms with Gasteiger partial charge in [-0.2, -0.15) is 0 Å². The van der Waals surface area contributed by atoms with Crippen molar-refractivity contribution in [2.75, 3.05) is 0 Å². The van der Waals surface area contributed by atoms with Crippen molar-refractivity contribution in [1.29, 1.82) is 0 Å². The summed E-state index contributed by atoms with van der Waals surface area (Å²) in [6.45, 7) is 1.00. The van der Waals surface area contributed by atoms with Crippen molar-refractivity contribution in [1.82, 2.24) is 14.8 Å². The molecule has 0 saturated heterocycles. The van der Waals surface area contributed by atoms with Crippen molar-refractivity contribution in [3.05, 3.63) is 70.8 Å². The summed E-state index contributed by atoms with van der Waals surface area (Å²) in [5.41, 5.74) is 2.16. The van der Waals surface area contributed by atoms with Gasteiger partial charge in [-0.1, -0.05) is 29.8 Å². The third-order valence-corrected chi connectivity index (χ3v) is 5.85. The van der Waals surface area contributed by atoms with Gasteiger partial charge in [-0.15, -0.1) is 10.2 Å². The fourth-order valence-corrected chi connectivity index (χ4v) is 4.42. The van der Waals surface area contributed by atoms with Gasteiger partial charge in [-0.25, -0.2) is 0 Å². The normalized spacial score (nSPS) is 21.5. The topological polar surface area (TPSA) is 49.2 Å². The first-order valence-corrected chi connectivity index (χ1v) is 10.2. The molecule has 0 unspecified atom stereocenters. The molecular weight excluding hydrogens is 374 g/mol. The molecule has 6 heteroatoms. The number of benzene rings is 2. The van der Waals surface area contributed by atoms with Gasteiger partial charge in [-0.3, -0.25) is 4.57 Å². The van der Waals surface area contributed by atoms with Crippen LogP contribution >= 0.6 is 11.6 Å². The van der Waals surface area contributed by atoms with E-state index in [0.717, 1.165) is 59.4 Å². The van der Waals surface area contributed by atoms with Crippen molar-refractivity contribution >= 4 is 11.6 Å². The molecule has 5 rings (SSSR count). The fraction of sp³-hybridized carbons (Fsp3) is 0.364. The van der Waals surface area contributed by atoms with Crippen molar-refractivity contribution in [3.8, 4) is 11.4 Å². The maximum atomic E-state index is 6.19. The second kappa shape index (κ2) is 7.57. The standard InChI is InChI=1S/C22H22ClN3O2/c23-17-8-11-20-16(12-17)13-27-14-21-24-25-22(26(20)21)15-6-9-19(10-7-15)28-18-4-2-1-3-5-18/h1-5,8,11-12,15,19H,6-7,9-10,13-14H2. The predicted molar refractivity (Wildman–Crippen MR) is 107 cm³/mol. The Labute approximate surface area is 169 Å². The lowest BCUT2D eigenvalue weighted by molar-refractivity contribution is 0.105. The highest BCUT2D eigenvalue weighted by Gasteiger charge is 2.30. The first-order valence-electron chi connectivity index (χ1n) is 9.80. The van der Waals surface area contributed by atoms with E-state index >= 15 is 0 Å². The van der Waals surface area contributed by atoms with E-state index in [1.165, 1.54) is 0 Å². The van der Waals surface area contributed by atoms with Crippen LogP contribution in [0.3, 0.4) is 0 Å². The minimum atomic E-state index is 0.264. The van der Waals surface area contributed by atoms with Gasteiger partial charge in [0.1, 0.15) is 18.2 Å². The van der Waals surface area contributed by atoms with E-state index in [-0.39, 0.29) is 6.10 Å². The Morgan fingerprint density at radius 2 is 1.79 bits per heavy atom. The third kappa shape index (κ3) is 3.40. The third-order valence-electron chi connectivity index (χ3n) is 5.61. The average molecular weight is 396 g/mol. The lowest BCUT2D eigenvalue weighted by Crippen LogP contribution is -2.24. The second-order valence-electron chi connectivity index (χ2n) is 7.48. The summed E-state index contributed by atoms with van der Waals surface area (Å²) in [6.07, 6.45) is 4.38. The highest BCUT2D eigenvalue weighted by atomic mass is 35.5. The zero-order valence-corrected chi connectivity index (χ0v) is 16.3. The van der Waals surface area contributed by atoms with Crippen molar-refractivity contribution in [2.45, 2.75) is 50.9 Å². The van der Waals surface area contributed by atoms with Gasteiger partial charge in [0.2, 0.25) is 0 Å². The van der Waals surface area contributed by atoms with Crippen LogP contribution in [0, 0.1) is 0 Å². The Hall–Kier alpha value is -2.37. The van der Waals surface area contributed by atoms with Crippen molar-refractivity contribution < 1.29 is 9.47 Å². The van der Waals surface area contributed by atoms with Gasteiger partial charge in [0, 0.05) is 16.5 Å². The summed E-state index contributed by atoms with van der Waals surface area (Å²) in [7, 11) is 0. The molecule has 1 saturated carbocycles. The number of aromatic nitrogens is 3. The van der Waals surface area contributed by atoms with Crippen molar-refractivity contribution in [3.63, 3.8) is 0 Å². The van der Waals surface area contributed by atoms with Crippen LogP contribution in [0.4, 0.5) is 0 Å². The number of hydrogen-bond acceptors (Lipinski definition) is 4. The summed E-state index contributed by atoms with van der Waals surface area (Å²) >= 11 is 6.19. The molecule has 0 amide bonds. The molecule has 144 valence electrons. The van der Waals surface area contributed by atoms with Crippen LogP contribution in [0.15, 0.2) is 48.5 Å². The van der Waals surface area contributed by atoms with E-state index in [4.69, 9.17) is 21.1 Å². The zero-order valence-electron chi connectivity index (χ0n) is 15.6. The summed E-state index contributed by atoms with van der Waals surface area (Å²) in [5, 5.41) is 9.70. The SMILES string of the molecule is Clc1ccc2c(c1)COCc1nnc(C3CCC(Oc4ccccc4)CC3)n1-2. The van der Waals surface area contributed by atoms with E-state index in [2.05, 4.69) is 14.8 Å². The molecule has 0 atom stereocenters. The Kier molecular flexibility index (Phi) is 4.79. The molecule has 0 spiro atoms. The average Bonchev–Trinajstić information content (AvgIpc) is 3.05. The maximum absolute atomic E-state index is 6.19. The summed E-state index contributed by atoms with van der Waals surface area (Å²) < 4.78 is 14.1. The lowest BCUT2D eigenvalue weighted by atomic mass is 9.86. The highest BCUT2D eigenvalue weighted by Crippen LogP contribution is 2.36. The Morgan fingerprint density at radius 1 is 0.964 bits per heavy atom. The molecule has 28 heavy (non-hydrogen) atoms. The molecular formula is C22H22ClN3O2. The predicted octanol–water partition coefficient (Wildman–Crippen LogP) is 5.06. The molecule has 3 aromatic rings. The van der Waals surface area contributed by atoms with Crippen LogP contribution in [-0.2, 0) is 18.0 Å². The van der Waals surface area contributed by atoms with E-state index in [1.54, 1.807) is 0 Å². The maximum Gasteiger partial charge on any atom is 0.163 e. The monoisotopic (exact) mass is 395 g/mol. The van der Waals surface area contributed by atoms with Crippen molar-refractivity contribution in [2.24, 2.45) is 0 Å². The minimum absolute atomic E-state index is 0.264. The van der Waals surface area contributed by atoms with Gasteiger partial charge >= 0.3 is 0 Å². The Morgan fingerprint density at radius 3 is 2.61 bits per heavy atom. The van der Waals surface area contributed by atoms with Crippen LogP contribution in [0.25, 0.3) is 5.69 Å². The molecule has 0 bridgehead atoms. The minimum Gasteiger partial charge on any atom is -0.490 e. The number of para-hydroxylation sites is 1. The highest BCUT2D eigenvalue weighted by molar-refractivity contribution is 6.30. The van der Waals surface area contributed by atoms with Gasteiger partial charge < -0.3 is 9.47 Å². The Bertz CT molecular complexity index is 965. The van der Waals surface area contributed by atoms with E-state index < -0.39 is 0 Å². The number of fused-ring (bicyclic) bond motifs is 3. The molecule has 1 aromatic heterocycles. The van der Waals surface area contributed by atoms with Gasteiger partial charge in [0.25, 0.3) is 0 Å². The van der Waals surface area contributed by atoms with Gasteiger partial charge in [0.05, 0.1) is 18.4 Å². The summed E-state index contributed by atoms with van der Waals surface area (Å²) in [5.74, 6) is 3.21. The summed E-state index contributed by atoms with van der Waals surface area (Å²) in [6, 6.07) is 16.0. The summed E-state index contributed by atoms with van der Waals surface area (Å²) in [4.78, 5) is 0. The number of halogens is 1. The molecule has 0 N–H and O–H groups in total. The van der Waals surface area contributed by atoms with Crippen LogP contribution in [0.5, 0.6) is 5.75 Å². The van der Waals surface area contributed by atoms with Crippen LogP contribution in [-0.4, -0.2) is 20.9 Å². The molecule has 2 aromatic carbocycles. The van der Waals surface area contributed by atoms with Gasteiger partial charge in [0.15, 0.2) is 5.82 Å². The molecule has 1 aliphatic heterocycles. The quantitative estimate of drug-likeness (QED) is 0.622. The van der Waals surface area contributed by atoms with E-state index in [1.807, 2.05) is 48.5 Å². The van der Waals surface area contributed by atoms with Gasteiger partial charge in [-0.05, 0) is 56.0 Å². The second-order valence-corrected chi connectivity index (χ2v) is 7.92. The molecule has 2 aliphatic rings. The molecule has 1 fully saturated rings. The zero-order chi connectivity index (χ0) is 18.9. The fourth-order valence-electron chi connectivity index (χ4n) is 4.22. The van der Waals surface area contributed by atoms with E-state index in [0.29, 0.717) is 19.1 Å². The largest absolute Gasteiger partial charge is 0.490 e. The number of hydrogen-bond donors (Lipinski definition) is 0. The van der Waals surface area contributed by atoms with Crippen LogP contribution in [0.2, 0.25) is 5.02 Å². The number of nitrogens with zero attached hydrogens (tertiary/aromatic N) is 3. The van der Waals surface area contributed by atoms with E-state index in [9.17, 15) is 0 Å². The first kappa shape index (κ1) is 17.7. The smallest absolute Gasteiger partial charge is 0.163 e. The van der Waals surface area contributed by atoms with Crippen LogP contribution < -0.4 is 4.74 Å². The molecule has 0 radical (unpaired) electrons. The Balaban J connectivity index is 1.37. The molecule has 5 nitrogen and oxygen atoms in total. The molecule has 1 aliphatic carbocycles. The molecule has 2 heterocycles.